The van der Waals surface area contributed by atoms with Gasteiger partial charge in [-0.3, -0.25) is 10.1 Å². The summed E-state index contributed by atoms with van der Waals surface area (Å²) in [4.78, 5) is 17.8. The summed E-state index contributed by atoms with van der Waals surface area (Å²) in [5.74, 6) is -0.111. The number of amides is 1. The van der Waals surface area contributed by atoms with E-state index < -0.39 is 0 Å². The number of aromatic nitrogens is 1. The molecule has 0 atom stereocenters. The molecule has 0 saturated carbocycles. The molecule has 3 rings (SSSR count). The maximum Gasteiger partial charge on any atom is 0.257 e. The van der Waals surface area contributed by atoms with Crippen LogP contribution in [0.25, 0.3) is 0 Å². The van der Waals surface area contributed by atoms with E-state index in [1.165, 1.54) is 16.9 Å². The summed E-state index contributed by atoms with van der Waals surface area (Å²) in [5.41, 5.74) is 4.02. The summed E-state index contributed by atoms with van der Waals surface area (Å²) in [6, 6.07) is 5.71. The van der Waals surface area contributed by atoms with E-state index in [9.17, 15) is 4.79 Å². The lowest BCUT2D eigenvalue weighted by Crippen LogP contribution is -2.12. The normalized spacial score (nSPS) is 13.9. The van der Waals surface area contributed by atoms with Gasteiger partial charge in [-0.05, 0) is 37.1 Å². The molecule has 0 aliphatic carbocycles. The quantitative estimate of drug-likeness (QED) is 0.924. The molecule has 1 aromatic heterocycles. The van der Waals surface area contributed by atoms with Crippen LogP contribution in [0, 0.1) is 13.8 Å². The molecular formula is C15H16N2O2S. The molecule has 4 nitrogen and oxygen atoms in total. The second-order valence-corrected chi connectivity index (χ2v) is 6.03. The van der Waals surface area contributed by atoms with Crippen LogP contribution in [0.4, 0.5) is 5.13 Å². The number of carbonyl (C=O) groups excluding carboxylic acids is 1. The molecule has 2 heterocycles. The highest BCUT2D eigenvalue weighted by Gasteiger charge is 2.17. The van der Waals surface area contributed by atoms with Crippen LogP contribution in [0.15, 0.2) is 18.2 Å². The third-order valence-corrected chi connectivity index (χ3v) is 4.47. The molecule has 0 radical (unpaired) electrons. The molecule has 0 bridgehead atoms. The van der Waals surface area contributed by atoms with Gasteiger partial charge in [-0.15, -0.1) is 0 Å². The molecule has 5 heteroatoms. The standard InChI is InChI=1S/C15H16N2O2S/c1-9-3-4-11(7-10(9)2)14(18)17-15-16-12-5-6-19-8-13(12)20-15/h3-4,7H,5-6,8H2,1-2H3,(H,16,17,18). The van der Waals surface area contributed by atoms with Gasteiger partial charge in [0.25, 0.3) is 5.91 Å². The molecule has 20 heavy (non-hydrogen) atoms. The summed E-state index contributed by atoms with van der Waals surface area (Å²) < 4.78 is 5.39. The zero-order valence-corrected chi connectivity index (χ0v) is 12.3. The molecule has 1 aliphatic rings. The fourth-order valence-corrected chi connectivity index (χ4v) is 3.07. The Labute approximate surface area is 121 Å². The van der Waals surface area contributed by atoms with Crippen molar-refractivity contribution in [3.63, 3.8) is 0 Å². The maximum atomic E-state index is 12.2. The average molecular weight is 288 g/mol. The lowest BCUT2D eigenvalue weighted by atomic mass is 10.1. The molecule has 104 valence electrons. The van der Waals surface area contributed by atoms with Crippen molar-refractivity contribution in [2.24, 2.45) is 0 Å². The summed E-state index contributed by atoms with van der Waals surface area (Å²) >= 11 is 1.50. The van der Waals surface area contributed by atoms with Gasteiger partial charge < -0.3 is 4.74 Å². The highest BCUT2D eigenvalue weighted by molar-refractivity contribution is 7.15. The monoisotopic (exact) mass is 288 g/mol. The molecule has 0 unspecified atom stereocenters. The van der Waals surface area contributed by atoms with Gasteiger partial charge in [0, 0.05) is 12.0 Å². The number of hydrogen-bond donors (Lipinski definition) is 1. The SMILES string of the molecule is Cc1ccc(C(=O)Nc2nc3c(s2)COCC3)cc1C. The van der Waals surface area contributed by atoms with Crippen LogP contribution >= 0.6 is 11.3 Å². The Kier molecular flexibility index (Phi) is 3.54. The Balaban J connectivity index is 1.78. The van der Waals surface area contributed by atoms with Crippen LogP contribution in [0.2, 0.25) is 0 Å². The minimum Gasteiger partial charge on any atom is -0.375 e. The molecule has 0 fully saturated rings. The van der Waals surface area contributed by atoms with Gasteiger partial charge in [-0.1, -0.05) is 17.4 Å². The average Bonchev–Trinajstić information content (AvgIpc) is 2.83. The Morgan fingerprint density at radius 1 is 1.35 bits per heavy atom. The van der Waals surface area contributed by atoms with Crippen LogP contribution in [0.5, 0.6) is 0 Å². The second-order valence-electron chi connectivity index (χ2n) is 4.94. The smallest absolute Gasteiger partial charge is 0.257 e. The van der Waals surface area contributed by atoms with Gasteiger partial charge in [0.1, 0.15) is 0 Å². The maximum absolute atomic E-state index is 12.2. The zero-order chi connectivity index (χ0) is 14.1. The van der Waals surface area contributed by atoms with Crippen molar-refractivity contribution < 1.29 is 9.53 Å². The number of anilines is 1. The van der Waals surface area contributed by atoms with Gasteiger partial charge in [0.15, 0.2) is 5.13 Å². The topological polar surface area (TPSA) is 51.2 Å². The minimum atomic E-state index is -0.111. The first-order valence-electron chi connectivity index (χ1n) is 6.58. The first-order valence-corrected chi connectivity index (χ1v) is 7.40. The van der Waals surface area contributed by atoms with E-state index in [-0.39, 0.29) is 5.91 Å². The van der Waals surface area contributed by atoms with E-state index in [0.29, 0.717) is 23.9 Å². The Bertz CT molecular complexity index is 640. The van der Waals surface area contributed by atoms with E-state index in [1.54, 1.807) is 0 Å². The predicted octanol–water partition coefficient (Wildman–Crippen LogP) is 3.08. The van der Waals surface area contributed by atoms with Crippen molar-refractivity contribution in [3.8, 4) is 0 Å². The van der Waals surface area contributed by atoms with Crippen molar-refractivity contribution >= 4 is 22.4 Å². The number of rotatable bonds is 2. The van der Waals surface area contributed by atoms with E-state index in [1.807, 2.05) is 32.0 Å². The van der Waals surface area contributed by atoms with Gasteiger partial charge in [-0.2, -0.15) is 0 Å². The first kappa shape index (κ1) is 13.3. The number of fused-ring (bicyclic) bond motifs is 1. The molecule has 0 spiro atoms. The van der Waals surface area contributed by atoms with Crippen molar-refractivity contribution in [2.45, 2.75) is 26.9 Å². The zero-order valence-electron chi connectivity index (χ0n) is 11.5. The second kappa shape index (κ2) is 5.34. The lowest BCUT2D eigenvalue weighted by Gasteiger charge is -2.08. The summed E-state index contributed by atoms with van der Waals surface area (Å²) in [7, 11) is 0. The Hall–Kier alpha value is -1.72. The molecule has 1 N–H and O–H groups in total. The number of nitrogens with one attached hydrogen (secondary N) is 1. The third kappa shape index (κ3) is 2.59. The number of carbonyl (C=O) groups is 1. The van der Waals surface area contributed by atoms with Crippen molar-refractivity contribution in [2.75, 3.05) is 11.9 Å². The van der Waals surface area contributed by atoms with Gasteiger partial charge in [-0.25, -0.2) is 4.98 Å². The Morgan fingerprint density at radius 3 is 2.95 bits per heavy atom. The number of benzene rings is 1. The molecule has 1 aliphatic heterocycles. The van der Waals surface area contributed by atoms with Gasteiger partial charge in [0.05, 0.1) is 23.8 Å². The van der Waals surface area contributed by atoms with Crippen molar-refractivity contribution in [3.05, 3.63) is 45.5 Å². The largest absolute Gasteiger partial charge is 0.375 e. The minimum absolute atomic E-state index is 0.111. The fourth-order valence-electron chi connectivity index (χ4n) is 2.13. The van der Waals surface area contributed by atoms with E-state index in [2.05, 4.69) is 10.3 Å². The number of hydrogen-bond acceptors (Lipinski definition) is 4. The number of thiazole rings is 1. The van der Waals surface area contributed by atoms with Crippen LogP contribution in [0.3, 0.4) is 0 Å². The Morgan fingerprint density at radius 2 is 2.20 bits per heavy atom. The molecular weight excluding hydrogens is 272 g/mol. The van der Waals surface area contributed by atoms with E-state index in [0.717, 1.165) is 22.6 Å². The van der Waals surface area contributed by atoms with E-state index >= 15 is 0 Å². The summed E-state index contributed by atoms with van der Waals surface area (Å²) in [5, 5.41) is 3.53. The molecule has 2 aromatic rings. The van der Waals surface area contributed by atoms with E-state index in [4.69, 9.17) is 4.74 Å². The highest BCUT2D eigenvalue weighted by atomic mass is 32.1. The third-order valence-electron chi connectivity index (χ3n) is 3.48. The van der Waals surface area contributed by atoms with Crippen LogP contribution in [-0.2, 0) is 17.8 Å². The number of aryl methyl sites for hydroxylation is 2. The van der Waals surface area contributed by atoms with Crippen LogP contribution < -0.4 is 5.32 Å². The molecule has 1 amide bonds. The fraction of sp³-hybridized carbons (Fsp3) is 0.333. The lowest BCUT2D eigenvalue weighted by molar-refractivity contribution is 0.102. The number of nitrogens with zero attached hydrogens (tertiary/aromatic N) is 1. The van der Waals surface area contributed by atoms with Crippen molar-refractivity contribution in [1.82, 2.24) is 4.98 Å². The highest BCUT2D eigenvalue weighted by Crippen LogP contribution is 2.27. The summed E-state index contributed by atoms with van der Waals surface area (Å²) in [6.45, 7) is 5.35. The molecule has 1 aromatic carbocycles. The first-order chi connectivity index (χ1) is 9.63. The summed E-state index contributed by atoms with van der Waals surface area (Å²) in [6.07, 6.45) is 0.825. The van der Waals surface area contributed by atoms with Gasteiger partial charge >= 0.3 is 0 Å². The predicted molar refractivity (Wildman–Crippen MR) is 79.3 cm³/mol. The van der Waals surface area contributed by atoms with Crippen molar-refractivity contribution in [1.29, 1.82) is 0 Å². The molecule has 0 saturated heterocycles. The number of ether oxygens (including phenoxy) is 1. The van der Waals surface area contributed by atoms with Crippen LogP contribution in [0.1, 0.15) is 32.1 Å². The van der Waals surface area contributed by atoms with Crippen LogP contribution in [-0.4, -0.2) is 17.5 Å². The van der Waals surface area contributed by atoms with Gasteiger partial charge in [0.2, 0.25) is 0 Å².